The summed E-state index contributed by atoms with van der Waals surface area (Å²) in [4.78, 5) is 4.44. The molecule has 2 aliphatic rings. The maximum Gasteiger partial charge on any atom is 0.231 e. The lowest BCUT2D eigenvalue weighted by Crippen LogP contribution is -2.66. The molecule has 0 aromatic rings. The van der Waals surface area contributed by atoms with Crippen molar-refractivity contribution >= 4 is 0 Å². The normalized spacial score (nSPS) is 35.6. The molecule has 27 heavy (non-hydrogen) atoms. The van der Waals surface area contributed by atoms with Gasteiger partial charge in [0.1, 0.15) is 0 Å². The molecule has 7 nitrogen and oxygen atoms in total. The Bertz CT molecular complexity index is 408. The molecule has 0 bridgehead atoms. The number of rotatable bonds is 8. The van der Waals surface area contributed by atoms with Crippen LogP contribution in [0, 0.1) is 0 Å². The van der Waals surface area contributed by atoms with Crippen LogP contribution in [0.4, 0.5) is 0 Å². The predicted octanol–water partition coefficient (Wildman–Crippen LogP) is 2.64. The van der Waals surface area contributed by atoms with Gasteiger partial charge in [-0.05, 0) is 41.5 Å². The van der Waals surface area contributed by atoms with E-state index in [9.17, 15) is 0 Å². The Kier molecular flexibility index (Phi) is 8.08. The number of hydrogen-bond acceptors (Lipinski definition) is 7. The Labute approximate surface area is 165 Å². The largest absolute Gasteiger partial charge is 0.373 e. The minimum Gasteiger partial charge on any atom is -0.373 e. The smallest absolute Gasteiger partial charge is 0.231 e. The third-order valence-electron chi connectivity index (χ3n) is 5.19. The molecule has 0 aromatic carbocycles. The summed E-state index contributed by atoms with van der Waals surface area (Å²) in [5, 5.41) is 0. The average Bonchev–Trinajstić information content (AvgIpc) is 2.53. The summed E-state index contributed by atoms with van der Waals surface area (Å²) in [6.45, 7) is 20.4. The van der Waals surface area contributed by atoms with E-state index in [1.165, 1.54) is 0 Å². The second-order valence-corrected chi connectivity index (χ2v) is 8.09. The SMILES string of the molecule is CCOC(C)(OC(C)(OCC)N1CC(C)OC(C)C1)N1CC(C)OC(C)C1. The Hall–Kier alpha value is -0.280. The van der Waals surface area contributed by atoms with E-state index in [4.69, 9.17) is 23.7 Å². The van der Waals surface area contributed by atoms with Crippen molar-refractivity contribution in [3.05, 3.63) is 0 Å². The van der Waals surface area contributed by atoms with Crippen LogP contribution in [0.3, 0.4) is 0 Å². The lowest BCUT2D eigenvalue weighted by molar-refractivity contribution is -0.439. The number of morpholine rings is 2. The van der Waals surface area contributed by atoms with Crippen molar-refractivity contribution < 1.29 is 23.7 Å². The van der Waals surface area contributed by atoms with E-state index in [0.717, 1.165) is 26.2 Å². The summed E-state index contributed by atoms with van der Waals surface area (Å²) in [5.74, 6) is -1.81. The number of nitrogens with zero attached hydrogens (tertiary/aromatic N) is 2. The van der Waals surface area contributed by atoms with Gasteiger partial charge in [-0.1, -0.05) is 0 Å². The van der Waals surface area contributed by atoms with Gasteiger partial charge >= 0.3 is 0 Å². The Balaban J connectivity index is 2.25. The molecule has 0 spiro atoms. The maximum atomic E-state index is 6.68. The van der Waals surface area contributed by atoms with Crippen LogP contribution in [0.1, 0.15) is 55.4 Å². The Morgan fingerprint density at radius 1 is 0.704 bits per heavy atom. The van der Waals surface area contributed by atoms with Gasteiger partial charge < -0.3 is 18.9 Å². The highest BCUT2D eigenvalue weighted by Gasteiger charge is 2.48. The van der Waals surface area contributed by atoms with Crippen molar-refractivity contribution in [1.29, 1.82) is 0 Å². The third-order valence-corrected chi connectivity index (χ3v) is 5.19. The van der Waals surface area contributed by atoms with Crippen molar-refractivity contribution in [2.75, 3.05) is 39.4 Å². The van der Waals surface area contributed by atoms with Gasteiger partial charge in [0.2, 0.25) is 11.8 Å². The van der Waals surface area contributed by atoms with Crippen molar-refractivity contribution in [3.63, 3.8) is 0 Å². The first-order valence-corrected chi connectivity index (χ1v) is 10.4. The minimum absolute atomic E-state index is 0.124. The Morgan fingerprint density at radius 2 is 1.00 bits per heavy atom. The molecule has 2 fully saturated rings. The topological polar surface area (TPSA) is 52.6 Å². The van der Waals surface area contributed by atoms with Crippen molar-refractivity contribution in [2.45, 2.75) is 91.6 Å². The summed E-state index contributed by atoms with van der Waals surface area (Å²) >= 11 is 0. The molecule has 0 N–H and O–H groups in total. The van der Waals surface area contributed by atoms with E-state index in [0.29, 0.717) is 13.2 Å². The molecule has 160 valence electrons. The van der Waals surface area contributed by atoms with Gasteiger partial charge in [-0.15, -0.1) is 0 Å². The lowest BCUT2D eigenvalue weighted by atomic mass is 10.2. The van der Waals surface area contributed by atoms with Crippen LogP contribution in [-0.4, -0.2) is 85.4 Å². The number of ether oxygens (including phenoxy) is 5. The fraction of sp³-hybridized carbons (Fsp3) is 1.00. The maximum absolute atomic E-state index is 6.68. The van der Waals surface area contributed by atoms with Gasteiger partial charge in [-0.25, -0.2) is 9.80 Å². The molecular weight excluding hydrogens is 348 g/mol. The highest BCUT2D eigenvalue weighted by molar-refractivity contribution is 4.83. The summed E-state index contributed by atoms with van der Waals surface area (Å²) in [7, 11) is 0. The molecule has 0 amide bonds. The first-order valence-electron chi connectivity index (χ1n) is 10.4. The van der Waals surface area contributed by atoms with E-state index in [2.05, 4.69) is 37.5 Å². The first kappa shape index (κ1) is 23.0. The van der Waals surface area contributed by atoms with Crippen molar-refractivity contribution in [1.82, 2.24) is 9.80 Å². The summed E-state index contributed by atoms with van der Waals surface area (Å²) in [6.07, 6.45) is 0.496. The van der Waals surface area contributed by atoms with Crippen LogP contribution < -0.4 is 0 Å². The van der Waals surface area contributed by atoms with Crippen LogP contribution in [0.5, 0.6) is 0 Å². The van der Waals surface area contributed by atoms with Crippen LogP contribution in [0.2, 0.25) is 0 Å². The minimum atomic E-state index is -0.907. The highest BCUT2D eigenvalue weighted by atomic mass is 16.8. The third kappa shape index (κ3) is 5.85. The monoisotopic (exact) mass is 388 g/mol. The van der Waals surface area contributed by atoms with Crippen LogP contribution >= 0.6 is 0 Å². The number of hydrogen-bond donors (Lipinski definition) is 0. The lowest BCUT2D eigenvalue weighted by Gasteiger charge is -2.52. The van der Waals surface area contributed by atoms with E-state index in [-0.39, 0.29) is 24.4 Å². The molecule has 0 aromatic heterocycles. The molecule has 0 saturated carbocycles. The molecule has 0 radical (unpaired) electrons. The fourth-order valence-corrected chi connectivity index (χ4v) is 4.28. The average molecular weight is 389 g/mol. The van der Waals surface area contributed by atoms with Crippen LogP contribution in [-0.2, 0) is 23.7 Å². The molecule has 2 saturated heterocycles. The molecule has 6 atom stereocenters. The summed E-state index contributed by atoms with van der Waals surface area (Å²) in [5.41, 5.74) is 0. The highest BCUT2D eigenvalue weighted by Crippen LogP contribution is 2.33. The van der Waals surface area contributed by atoms with Gasteiger partial charge in [-0.3, -0.25) is 4.74 Å². The Morgan fingerprint density at radius 3 is 1.26 bits per heavy atom. The van der Waals surface area contributed by atoms with E-state index >= 15 is 0 Å². The van der Waals surface area contributed by atoms with Crippen molar-refractivity contribution in [3.8, 4) is 0 Å². The summed E-state index contributed by atoms with van der Waals surface area (Å²) < 4.78 is 30.8. The van der Waals surface area contributed by atoms with Gasteiger partial charge in [0.15, 0.2) is 0 Å². The quantitative estimate of drug-likeness (QED) is 0.593. The molecule has 2 aliphatic heterocycles. The zero-order valence-electron chi connectivity index (χ0n) is 18.5. The molecular formula is C20H40N2O5. The van der Waals surface area contributed by atoms with Crippen LogP contribution in [0.15, 0.2) is 0 Å². The summed E-state index contributed by atoms with van der Waals surface area (Å²) in [6, 6.07) is 0. The molecule has 2 heterocycles. The van der Waals surface area contributed by atoms with Gasteiger partial charge in [0.25, 0.3) is 0 Å². The second kappa shape index (κ2) is 9.48. The van der Waals surface area contributed by atoms with E-state index in [1.807, 2.05) is 27.7 Å². The standard InChI is InChI=1S/C20H40N2O5/c1-9-23-19(7,21-11-15(3)25-16(4)12-21)27-20(8,24-10-2)22-13-17(5)26-18(6)14-22/h15-18H,9-14H2,1-8H3. The van der Waals surface area contributed by atoms with E-state index in [1.54, 1.807) is 0 Å². The van der Waals surface area contributed by atoms with Crippen molar-refractivity contribution in [2.24, 2.45) is 0 Å². The molecule has 2 rings (SSSR count). The zero-order chi connectivity index (χ0) is 20.2. The molecule has 0 aliphatic carbocycles. The zero-order valence-corrected chi connectivity index (χ0v) is 18.5. The van der Waals surface area contributed by atoms with E-state index < -0.39 is 11.8 Å². The fourth-order valence-electron chi connectivity index (χ4n) is 4.28. The van der Waals surface area contributed by atoms with Gasteiger partial charge in [0.05, 0.1) is 24.4 Å². The van der Waals surface area contributed by atoms with Crippen LogP contribution in [0.25, 0.3) is 0 Å². The first-order chi connectivity index (χ1) is 12.6. The van der Waals surface area contributed by atoms with Gasteiger partial charge in [-0.2, -0.15) is 0 Å². The molecule has 7 heteroatoms. The van der Waals surface area contributed by atoms with Gasteiger partial charge in [0, 0.05) is 53.2 Å². The predicted molar refractivity (Wildman–Crippen MR) is 104 cm³/mol. The second-order valence-electron chi connectivity index (χ2n) is 8.09. The molecule has 6 unspecified atom stereocenters.